The molecule has 0 atom stereocenters. The van der Waals surface area contributed by atoms with Gasteiger partial charge in [-0.15, -0.1) is 21.5 Å². The maximum atomic E-state index is 12.2. The molecule has 2 heterocycles. The van der Waals surface area contributed by atoms with Crippen molar-refractivity contribution in [2.75, 3.05) is 0 Å². The van der Waals surface area contributed by atoms with Gasteiger partial charge in [-0.3, -0.25) is 0 Å². The first-order valence-corrected chi connectivity index (χ1v) is 8.34. The molecule has 0 amide bonds. The highest BCUT2D eigenvalue weighted by atomic mass is 32.2. The average Bonchev–Trinajstić information content (AvgIpc) is 3.02. The number of thiophene rings is 1. The molecular weight excluding hydrogens is 300 g/mol. The molecule has 20 heavy (non-hydrogen) atoms. The van der Waals surface area contributed by atoms with Gasteiger partial charge in [0.25, 0.3) is 0 Å². The number of rotatable bonds is 6. The lowest BCUT2D eigenvalue weighted by atomic mass is 10.3. The number of hydrogen-bond acceptors (Lipinski definition) is 6. The van der Waals surface area contributed by atoms with Crippen LogP contribution in [0.2, 0.25) is 0 Å². The number of aliphatic hydroxyl groups excluding tert-OH is 1. The predicted octanol–water partition coefficient (Wildman–Crippen LogP) is 0.639. The molecule has 0 radical (unpaired) electrons. The molecule has 0 fully saturated rings. The largest absolute Gasteiger partial charge is 0.391 e. The van der Waals surface area contributed by atoms with Gasteiger partial charge in [-0.05, 0) is 25.5 Å². The molecule has 2 aromatic rings. The van der Waals surface area contributed by atoms with E-state index in [0.29, 0.717) is 17.2 Å². The third-order valence-electron chi connectivity index (χ3n) is 2.86. The molecule has 0 aliphatic carbocycles. The van der Waals surface area contributed by atoms with Gasteiger partial charge in [-0.2, -0.15) is 0 Å². The summed E-state index contributed by atoms with van der Waals surface area (Å²) in [5, 5.41) is 16.7. The van der Waals surface area contributed by atoms with Crippen LogP contribution in [0.1, 0.15) is 23.2 Å². The number of nitrogens with zero attached hydrogens (tertiary/aromatic N) is 3. The van der Waals surface area contributed by atoms with Gasteiger partial charge in [-0.25, -0.2) is 13.1 Å². The van der Waals surface area contributed by atoms with Crippen LogP contribution in [-0.2, 0) is 29.7 Å². The van der Waals surface area contributed by atoms with Gasteiger partial charge < -0.3 is 9.67 Å². The van der Waals surface area contributed by atoms with Crippen LogP contribution < -0.4 is 4.72 Å². The molecular formula is C11H16N4O3S2. The monoisotopic (exact) mass is 316 g/mol. The summed E-state index contributed by atoms with van der Waals surface area (Å²) in [6.07, 6.45) is 1.56. The molecule has 110 valence electrons. The highest BCUT2D eigenvalue weighted by Crippen LogP contribution is 2.25. The highest BCUT2D eigenvalue weighted by Gasteiger charge is 2.19. The zero-order chi connectivity index (χ0) is 14.8. The summed E-state index contributed by atoms with van der Waals surface area (Å²) < 4.78 is 28.8. The summed E-state index contributed by atoms with van der Waals surface area (Å²) in [5.41, 5.74) is 0.773. The topological polar surface area (TPSA) is 97.1 Å². The van der Waals surface area contributed by atoms with E-state index in [-0.39, 0.29) is 17.4 Å². The second-order valence-corrected chi connectivity index (χ2v) is 7.32. The lowest BCUT2D eigenvalue weighted by Crippen LogP contribution is -2.24. The number of sulfonamides is 1. The van der Waals surface area contributed by atoms with Crippen LogP contribution in [0.25, 0.3) is 0 Å². The maximum absolute atomic E-state index is 12.2. The Labute approximate surface area is 121 Å². The third kappa shape index (κ3) is 3.06. The fourth-order valence-electron chi connectivity index (χ4n) is 1.69. The van der Waals surface area contributed by atoms with Crippen LogP contribution in [0.15, 0.2) is 16.6 Å². The first-order valence-electron chi connectivity index (χ1n) is 6.04. The van der Waals surface area contributed by atoms with Gasteiger partial charge in [0.15, 0.2) is 0 Å². The average molecular weight is 316 g/mol. The first kappa shape index (κ1) is 15.1. The van der Waals surface area contributed by atoms with Crippen molar-refractivity contribution in [2.24, 2.45) is 0 Å². The van der Waals surface area contributed by atoms with Gasteiger partial charge in [0.1, 0.15) is 16.4 Å². The Morgan fingerprint density at radius 3 is 2.85 bits per heavy atom. The van der Waals surface area contributed by atoms with Crippen molar-refractivity contribution in [3.63, 3.8) is 0 Å². The van der Waals surface area contributed by atoms with Gasteiger partial charge in [0, 0.05) is 11.4 Å². The molecule has 0 saturated carbocycles. The molecule has 0 saturated heterocycles. The Hall–Kier alpha value is -1.29. The van der Waals surface area contributed by atoms with E-state index in [1.807, 2.05) is 6.92 Å². The molecule has 9 heteroatoms. The standard InChI is InChI=1S/C11H16N4O3S2/c1-3-15-7-12-14-10(15)5-13-20(17,18)11-4-8(2)9(6-16)19-11/h4,7,13,16H,3,5-6H2,1-2H3. The Kier molecular flexibility index (Phi) is 4.53. The van der Waals surface area contributed by atoms with E-state index >= 15 is 0 Å². The fraction of sp³-hybridized carbons (Fsp3) is 0.455. The fourth-order valence-corrected chi connectivity index (χ4v) is 4.16. The summed E-state index contributed by atoms with van der Waals surface area (Å²) in [4.78, 5) is 0.655. The Balaban J connectivity index is 2.15. The molecule has 0 unspecified atom stereocenters. The molecule has 0 aliphatic heterocycles. The van der Waals surface area contributed by atoms with Crippen molar-refractivity contribution in [1.82, 2.24) is 19.5 Å². The van der Waals surface area contributed by atoms with E-state index in [2.05, 4.69) is 14.9 Å². The minimum Gasteiger partial charge on any atom is -0.391 e. The lowest BCUT2D eigenvalue weighted by Gasteiger charge is -2.05. The van der Waals surface area contributed by atoms with Crippen molar-refractivity contribution in [3.8, 4) is 0 Å². The smallest absolute Gasteiger partial charge is 0.250 e. The zero-order valence-electron chi connectivity index (χ0n) is 11.2. The maximum Gasteiger partial charge on any atom is 0.250 e. The van der Waals surface area contributed by atoms with E-state index in [9.17, 15) is 8.42 Å². The number of aryl methyl sites for hydroxylation is 2. The van der Waals surface area contributed by atoms with E-state index in [1.54, 1.807) is 23.9 Å². The number of aromatic nitrogens is 3. The van der Waals surface area contributed by atoms with Crippen LogP contribution in [0, 0.1) is 6.92 Å². The van der Waals surface area contributed by atoms with Crippen LogP contribution >= 0.6 is 11.3 Å². The van der Waals surface area contributed by atoms with Gasteiger partial charge in [0.2, 0.25) is 10.0 Å². The van der Waals surface area contributed by atoms with Gasteiger partial charge in [0.05, 0.1) is 13.2 Å². The minimum atomic E-state index is -3.60. The molecule has 0 bridgehead atoms. The van der Waals surface area contributed by atoms with E-state index in [4.69, 9.17) is 5.11 Å². The predicted molar refractivity (Wildman–Crippen MR) is 74.7 cm³/mol. The molecule has 2 rings (SSSR count). The molecule has 2 N–H and O–H groups in total. The van der Waals surface area contributed by atoms with Gasteiger partial charge >= 0.3 is 0 Å². The normalized spacial score (nSPS) is 11.9. The van der Waals surface area contributed by atoms with Crippen LogP contribution in [-0.4, -0.2) is 28.3 Å². The SMILES string of the molecule is CCn1cnnc1CNS(=O)(=O)c1cc(C)c(CO)s1. The Morgan fingerprint density at radius 1 is 1.50 bits per heavy atom. The second-order valence-electron chi connectivity index (χ2n) is 4.19. The highest BCUT2D eigenvalue weighted by molar-refractivity contribution is 7.91. The summed E-state index contributed by atoms with van der Waals surface area (Å²) in [6.45, 7) is 4.31. The van der Waals surface area contributed by atoms with E-state index in [1.165, 1.54) is 0 Å². The lowest BCUT2D eigenvalue weighted by molar-refractivity contribution is 0.285. The minimum absolute atomic E-state index is 0.0849. The summed E-state index contributed by atoms with van der Waals surface area (Å²) in [6, 6.07) is 1.56. The molecule has 0 aliphatic rings. The quantitative estimate of drug-likeness (QED) is 0.815. The number of nitrogens with one attached hydrogen (secondary N) is 1. The second kappa shape index (κ2) is 6.00. The summed E-state index contributed by atoms with van der Waals surface area (Å²) >= 11 is 1.07. The van der Waals surface area contributed by atoms with Crippen LogP contribution in [0.5, 0.6) is 0 Å². The third-order valence-corrected chi connectivity index (χ3v) is 5.96. The number of hydrogen-bond donors (Lipinski definition) is 2. The molecule has 2 aromatic heterocycles. The van der Waals surface area contributed by atoms with Gasteiger partial charge in [-0.1, -0.05) is 0 Å². The van der Waals surface area contributed by atoms with Crippen molar-refractivity contribution in [2.45, 2.75) is 37.8 Å². The Bertz CT molecular complexity index is 690. The van der Waals surface area contributed by atoms with Crippen molar-refractivity contribution in [3.05, 3.63) is 28.7 Å². The Morgan fingerprint density at radius 2 is 2.25 bits per heavy atom. The van der Waals surface area contributed by atoms with Crippen molar-refractivity contribution < 1.29 is 13.5 Å². The zero-order valence-corrected chi connectivity index (χ0v) is 12.8. The summed E-state index contributed by atoms with van der Waals surface area (Å²) in [7, 11) is -3.60. The van der Waals surface area contributed by atoms with Crippen molar-refractivity contribution in [1.29, 1.82) is 0 Å². The molecule has 7 nitrogen and oxygen atoms in total. The number of aliphatic hydroxyl groups is 1. The molecule has 0 spiro atoms. The molecule has 0 aromatic carbocycles. The van der Waals surface area contributed by atoms with E-state index < -0.39 is 10.0 Å². The van der Waals surface area contributed by atoms with E-state index in [0.717, 1.165) is 16.9 Å². The van der Waals surface area contributed by atoms with Crippen LogP contribution in [0.3, 0.4) is 0 Å². The van der Waals surface area contributed by atoms with Crippen LogP contribution in [0.4, 0.5) is 0 Å². The van der Waals surface area contributed by atoms with Crippen molar-refractivity contribution >= 4 is 21.4 Å². The first-order chi connectivity index (χ1) is 9.47. The summed E-state index contributed by atoms with van der Waals surface area (Å²) in [5.74, 6) is 0.562.